The van der Waals surface area contributed by atoms with Gasteiger partial charge in [0.25, 0.3) is 0 Å². The molecule has 2 aromatic carbocycles. The molecule has 0 radical (unpaired) electrons. The number of esters is 2. The molecule has 1 aliphatic heterocycles. The molecular weight excluding hydrogens is 396 g/mol. The van der Waals surface area contributed by atoms with Gasteiger partial charge < -0.3 is 23.8 Å². The van der Waals surface area contributed by atoms with Gasteiger partial charge in [0.1, 0.15) is 18.2 Å². The predicted octanol–water partition coefficient (Wildman–Crippen LogP) is 2.78. The summed E-state index contributed by atoms with van der Waals surface area (Å²) in [6, 6.07) is 12.4. The minimum atomic E-state index is -0.709. The summed E-state index contributed by atoms with van der Waals surface area (Å²) >= 11 is 0. The molecular formula is C20H18N2O8. The summed E-state index contributed by atoms with van der Waals surface area (Å²) in [4.78, 5) is 36.4. The zero-order chi connectivity index (χ0) is 21.7. The van der Waals surface area contributed by atoms with Gasteiger partial charge in [-0.25, -0.2) is 9.59 Å². The SMILES string of the molecule is COC(=O)C1=C(C(=O)OC)N(c2ccc(Oc3ccccc3[N+](=O)[O-])cc2)COC1. The van der Waals surface area contributed by atoms with Crippen LogP contribution in [0.5, 0.6) is 11.5 Å². The summed E-state index contributed by atoms with van der Waals surface area (Å²) in [6.07, 6.45) is 0. The van der Waals surface area contributed by atoms with Crippen LogP contribution in [0.4, 0.5) is 11.4 Å². The predicted molar refractivity (Wildman–Crippen MR) is 104 cm³/mol. The van der Waals surface area contributed by atoms with Crippen LogP contribution in [-0.2, 0) is 23.8 Å². The van der Waals surface area contributed by atoms with E-state index >= 15 is 0 Å². The molecule has 2 aromatic rings. The Balaban J connectivity index is 1.91. The fraction of sp³-hybridized carbons (Fsp3) is 0.200. The lowest BCUT2D eigenvalue weighted by atomic mass is 10.1. The van der Waals surface area contributed by atoms with Gasteiger partial charge in [-0.05, 0) is 30.3 Å². The number of hydrogen-bond donors (Lipinski definition) is 0. The molecule has 1 aliphatic rings. The zero-order valence-electron chi connectivity index (χ0n) is 16.2. The number of nitro groups is 1. The van der Waals surface area contributed by atoms with Crippen LogP contribution in [0.25, 0.3) is 0 Å². The average molecular weight is 414 g/mol. The number of methoxy groups -OCH3 is 2. The van der Waals surface area contributed by atoms with Gasteiger partial charge in [-0.1, -0.05) is 12.1 Å². The van der Waals surface area contributed by atoms with Crippen molar-refractivity contribution in [1.82, 2.24) is 0 Å². The minimum absolute atomic E-state index is 0.00921. The van der Waals surface area contributed by atoms with Crippen molar-refractivity contribution in [3.8, 4) is 11.5 Å². The van der Waals surface area contributed by atoms with Crippen molar-refractivity contribution in [3.63, 3.8) is 0 Å². The van der Waals surface area contributed by atoms with Gasteiger partial charge in [-0.3, -0.25) is 10.1 Å². The first-order valence-electron chi connectivity index (χ1n) is 8.72. The number of ether oxygens (including phenoxy) is 4. The van der Waals surface area contributed by atoms with Gasteiger partial charge >= 0.3 is 17.6 Å². The van der Waals surface area contributed by atoms with Gasteiger partial charge in [0.2, 0.25) is 5.75 Å². The number of benzene rings is 2. The number of carbonyl (C=O) groups is 2. The van der Waals surface area contributed by atoms with E-state index in [9.17, 15) is 19.7 Å². The number of hydrogen-bond acceptors (Lipinski definition) is 9. The van der Waals surface area contributed by atoms with Gasteiger partial charge in [0.05, 0.1) is 31.3 Å². The summed E-state index contributed by atoms with van der Waals surface area (Å²) < 4.78 is 20.6. The highest BCUT2D eigenvalue weighted by Gasteiger charge is 2.32. The van der Waals surface area contributed by atoms with Crippen molar-refractivity contribution < 1.29 is 33.5 Å². The van der Waals surface area contributed by atoms with Crippen molar-refractivity contribution in [1.29, 1.82) is 0 Å². The Morgan fingerprint density at radius 2 is 1.70 bits per heavy atom. The number of para-hydroxylation sites is 2. The lowest BCUT2D eigenvalue weighted by Gasteiger charge is -2.31. The smallest absolute Gasteiger partial charge is 0.355 e. The number of carbonyl (C=O) groups excluding carboxylic acids is 2. The van der Waals surface area contributed by atoms with E-state index in [0.29, 0.717) is 11.4 Å². The van der Waals surface area contributed by atoms with Crippen LogP contribution in [-0.4, -0.2) is 44.4 Å². The number of rotatable bonds is 6. The summed E-state index contributed by atoms with van der Waals surface area (Å²) in [5.41, 5.74) is 0.412. The Morgan fingerprint density at radius 1 is 1.03 bits per heavy atom. The number of anilines is 1. The molecule has 0 fully saturated rings. The molecule has 0 bridgehead atoms. The van der Waals surface area contributed by atoms with Gasteiger partial charge in [0, 0.05) is 11.8 Å². The molecule has 0 spiro atoms. The molecule has 156 valence electrons. The van der Waals surface area contributed by atoms with E-state index in [2.05, 4.69) is 0 Å². The maximum atomic E-state index is 12.3. The third-order valence-corrected chi connectivity index (χ3v) is 4.27. The third kappa shape index (κ3) is 4.23. The molecule has 0 amide bonds. The largest absolute Gasteiger partial charge is 0.466 e. The lowest BCUT2D eigenvalue weighted by Crippen LogP contribution is -2.38. The Morgan fingerprint density at radius 3 is 2.33 bits per heavy atom. The first-order chi connectivity index (χ1) is 14.5. The monoisotopic (exact) mass is 414 g/mol. The molecule has 10 heteroatoms. The van der Waals surface area contributed by atoms with Crippen molar-refractivity contribution in [3.05, 3.63) is 69.9 Å². The topological polar surface area (TPSA) is 117 Å². The van der Waals surface area contributed by atoms with Crippen molar-refractivity contribution >= 4 is 23.3 Å². The third-order valence-electron chi connectivity index (χ3n) is 4.27. The maximum absolute atomic E-state index is 12.3. The Labute approximate surface area is 171 Å². The minimum Gasteiger partial charge on any atom is -0.466 e. The molecule has 30 heavy (non-hydrogen) atoms. The van der Waals surface area contributed by atoms with Gasteiger partial charge in [-0.2, -0.15) is 0 Å². The first kappa shape index (κ1) is 20.8. The highest BCUT2D eigenvalue weighted by Crippen LogP contribution is 2.33. The van der Waals surface area contributed by atoms with E-state index < -0.39 is 16.9 Å². The quantitative estimate of drug-likeness (QED) is 0.399. The fourth-order valence-corrected chi connectivity index (χ4v) is 2.86. The highest BCUT2D eigenvalue weighted by molar-refractivity contribution is 6.03. The Bertz CT molecular complexity index is 1000. The average Bonchev–Trinajstić information content (AvgIpc) is 2.78. The summed E-state index contributed by atoms with van der Waals surface area (Å²) in [5.74, 6) is -0.960. The fourth-order valence-electron chi connectivity index (χ4n) is 2.86. The van der Waals surface area contributed by atoms with Crippen LogP contribution in [0.15, 0.2) is 59.8 Å². The molecule has 3 rings (SSSR count). The Kier molecular flexibility index (Phi) is 6.28. The zero-order valence-corrected chi connectivity index (χ0v) is 16.2. The molecule has 0 atom stereocenters. The summed E-state index contributed by atoms with van der Waals surface area (Å²) in [6.45, 7) is -0.0816. The number of nitrogens with zero attached hydrogens (tertiary/aromatic N) is 2. The summed E-state index contributed by atoms with van der Waals surface area (Å²) in [5, 5.41) is 11.1. The van der Waals surface area contributed by atoms with Crippen LogP contribution >= 0.6 is 0 Å². The Hall–Kier alpha value is -3.92. The molecule has 0 N–H and O–H groups in total. The molecule has 0 saturated carbocycles. The molecule has 0 aromatic heterocycles. The van der Waals surface area contributed by atoms with E-state index in [1.807, 2.05) is 0 Å². The number of nitro benzene ring substituents is 1. The second-order valence-corrected chi connectivity index (χ2v) is 6.04. The van der Waals surface area contributed by atoms with E-state index in [1.54, 1.807) is 36.4 Å². The summed E-state index contributed by atoms with van der Waals surface area (Å²) in [7, 11) is 2.42. The van der Waals surface area contributed by atoms with Gasteiger partial charge in [-0.15, -0.1) is 0 Å². The van der Waals surface area contributed by atoms with Crippen LogP contribution in [0.1, 0.15) is 0 Å². The van der Waals surface area contributed by atoms with Crippen LogP contribution < -0.4 is 9.64 Å². The van der Waals surface area contributed by atoms with Gasteiger partial charge in [0.15, 0.2) is 0 Å². The molecule has 0 aliphatic carbocycles. The van der Waals surface area contributed by atoms with Crippen LogP contribution in [0, 0.1) is 10.1 Å². The normalized spacial score (nSPS) is 13.6. The van der Waals surface area contributed by atoms with E-state index in [-0.39, 0.29) is 36.0 Å². The molecule has 1 heterocycles. The first-order valence-corrected chi connectivity index (χ1v) is 8.72. The van der Waals surface area contributed by atoms with E-state index in [1.165, 1.54) is 31.3 Å². The standard InChI is InChI=1S/C20H18N2O8/c1-27-19(23)15-11-29-12-21(18(15)20(24)28-2)13-7-9-14(10-8-13)30-17-6-4-3-5-16(17)22(25)26/h3-10H,11-12H2,1-2H3. The van der Waals surface area contributed by atoms with Crippen LogP contribution in [0.3, 0.4) is 0 Å². The van der Waals surface area contributed by atoms with E-state index in [4.69, 9.17) is 18.9 Å². The second kappa shape index (κ2) is 9.05. The van der Waals surface area contributed by atoms with Crippen molar-refractivity contribution in [2.24, 2.45) is 0 Å². The highest BCUT2D eigenvalue weighted by atomic mass is 16.6. The van der Waals surface area contributed by atoms with Crippen LogP contribution in [0.2, 0.25) is 0 Å². The maximum Gasteiger partial charge on any atom is 0.355 e. The molecule has 0 unspecified atom stereocenters. The van der Waals surface area contributed by atoms with E-state index in [0.717, 1.165) is 0 Å². The lowest BCUT2D eigenvalue weighted by molar-refractivity contribution is -0.385. The van der Waals surface area contributed by atoms with Crippen molar-refractivity contribution in [2.45, 2.75) is 0 Å². The molecule has 10 nitrogen and oxygen atoms in total. The second-order valence-electron chi connectivity index (χ2n) is 6.04. The van der Waals surface area contributed by atoms with Crippen molar-refractivity contribution in [2.75, 3.05) is 32.5 Å². The molecule has 0 saturated heterocycles.